The van der Waals surface area contributed by atoms with Crippen molar-refractivity contribution in [2.75, 3.05) is 25.0 Å². The van der Waals surface area contributed by atoms with Crippen molar-refractivity contribution >= 4 is 17.6 Å². The highest BCUT2D eigenvalue weighted by molar-refractivity contribution is 5.93. The van der Waals surface area contributed by atoms with E-state index >= 15 is 0 Å². The Morgan fingerprint density at radius 1 is 1.22 bits per heavy atom. The number of amides is 3. The number of hydrogen-bond acceptors (Lipinski definition) is 3. The molecule has 3 rings (SSSR count). The van der Waals surface area contributed by atoms with Crippen LogP contribution in [0.5, 0.6) is 5.75 Å². The summed E-state index contributed by atoms with van der Waals surface area (Å²) in [7, 11) is 0. The number of urea groups is 1. The van der Waals surface area contributed by atoms with Gasteiger partial charge in [0.05, 0.1) is 12.3 Å². The zero-order chi connectivity index (χ0) is 19.2. The highest BCUT2D eigenvalue weighted by Crippen LogP contribution is 2.26. The maximum absolute atomic E-state index is 12.6. The zero-order valence-electron chi connectivity index (χ0n) is 15.5. The topological polar surface area (TPSA) is 84.7 Å². The molecule has 2 aromatic rings. The van der Waals surface area contributed by atoms with Gasteiger partial charge in [-0.3, -0.25) is 4.79 Å². The molecule has 0 saturated carbocycles. The van der Waals surface area contributed by atoms with E-state index in [9.17, 15) is 9.59 Å². The molecule has 6 heteroatoms. The first-order chi connectivity index (χ1) is 13.1. The van der Waals surface area contributed by atoms with Crippen LogP contribution in [0.15, 0.2) is 48.5 Å². The minimum absolute atomic E-state index is 0.115. The van der Waals surface area contributed by atoms with E-state index in [-0.39, 0.29) is 6.03 Å². The average Bonchev–Trinajstić information content (AvgIpc) is 3.12. The quantitative estimate of drug-likeness (QED) is 0.822. The van der Waals surface area contributed by atoms with Crippen LogP contribution in [0.2, 0.25) is 0 Å². The second kappa shape index (κ2) is 8.58. The molecule has 27 heavy (non-hydrogen) atoms. The SMILES string of the molecule is CCOc1ccccc1NC(=O)N1CCC(Cc2cccc(C(N)=O)c2)C1. The van der Waals surface area contributed by atoms with Crippen LogP contribution in [0.3, 0.4) is 0 Å². The predicted molar refractivity (Wildman–Crippen MR) is 105 cm³/mol. The van der Waals surface area contributed by atoms with Gasteiger partial charge in [-0.05, 0) is 55.5 Å². The van der Waals surface area contributed by atoms with Gasteiger partial charge in [0.25, 0.3) is 0 Å². The minimum atomic E-state index is -0.419. The molecule has 0 radical (unpaired) electrons. The minimum Gasteiger partial charge on any atom is -0.492 e. The van der Waals surface area contributed by atoms with Crippen LogP contribution in [0, 0.1) is 5.92 Å². The lowest BCUT2D eigenvalue weighted by Crippen LogP contribution is -2.33. The number of carbonyl (C=O) groups excluding carboxylic acids is 2. The Bertz CT molecular complexity index is 822. The third kappa shape index (κ3) is 4.78. The Labute approximate surface area is 159 Å². The molecule has 1 heterocycles. The summed E-state index contributed by atoms with van der Waals surface area (Å²) in [6, 6.07) is 14.7. The Morgan fingerprint density at radius 2 is 2.04 bits per heavy atom. The molecule has 0 aliphatic carbocycles. The first-order valence-corrected chi connectivity index (χ1v) is 9.23. The van der Waals surface area contributed by atoms with E-state index in [0.717, 1.165) is 18.4 Å². The van der Waals surface area contributed by atoms with Gasteiger partial charge in [0, 0.05) is 18.7 Å². The molecule has 1 atom stereocenters. The summed E-state index contributed by atoms with van der Waals surface area (Å²) in [5.41, 5.74) is 7.62. The fraction of sp³-hybridized carbons (Fsp3) is 0.333. The van der Waals surface area contributed by atoms with E-state index in [1.165, 1.54) is 0 Å². The van der Waals surface area contributed by atoms with Crippen LogP contribution in [-0.2, 0) is 6.42 Å². The number of rotatable bonds is 6. The van der Waals surface area contributed by atoms with Gasteiger partial charge in [0.15, 0.2) is 0 Å². The maximum Gasteiger partial charge on any atom is 0.321 e. The Kier molecular flexibility index (Phi) is 5.96. The normalized spacial score (nSPS) is 16.2. The summed E-state index contributed by atoms with van der Waals surface area (Å²) in [4.78, 5) is 25.8. The molecular weight excluding hydrogens is 342 g/mol. The van der Waals surface area contributed by atoms with Crippen LogP contribution < -0.4 is 15.8 Å². The van der Waals surface area contributed by atoms with Crippen molar-refractivity contribution in [3.8, 4) is 5.75 Å². The lowest BCUT2D eigenvalue weighted by Gasteiger charge is -2.19. The van der Waals surface area contributed by atoms with Crippen LogP contribution >= 0.6 is 0 Å². The molecule has 142 valence electrons. The molecule has 2 aromatic carbocycles. The molecule has 0 bridgehead atoms. The molecule has 1 fully saturated rings. The zero-order valence-corrected chi connectivity index (χ0v) is 15.5. The number of carbonyl (C=O) groups is 2. The number of hydrogen-bond donors (Lipinski definition) is 2. The number of primary amides is 1. The molecule has 0 aromatic heterocycles. The van der Waals surface area contributed by atoms with Gasteiger partial charge in [-0.25, -0.2) is 4.79 Å². The van der Waals surface area contributed by atoms with E-state index in [1.807, 2.05) is 54.3 Å². The number of ether oxygens (including phenoxy) is 1. The second-order valence-electron chi connectivity index (χ2n) is 6.73. The predicted octanol–water partition coefficient (Wildman–Crippen LogP) is 3.28. The van der Waals surface area contributed by atoms with Crippen LogP contribution in [0.1, 0.15) is 29.3 Å². The van der Waals surface area contributed by atoms with E-state index in [4.69, 9.17) is 10.5 Å². The number of likely N-dealkylation sites (tertiary alicyclic amines) is 1. The van der Waals surface area contributed by atoms with E-state index in [2.05, 4.69) is 5.32 Å². The van der Waals surface area contributed by atoms with E-state index < -0.39 is 5.91 Å². The average molecular weight is 367 g/mol. The lowest BCUT2D eigenvalue weighted by atomic mass is 9.97. The molecule has 1 aliphatic rings. The molecule has 1 unspecified atom stereocenters. The molecule has 3 amide bonds. The second-order valence-corrected chi connectivity index (χ2v) is 6.73. The summed E-state index contributed by atoms with van der Waals surface area (Å²) in [6.07, 6.45) is 1.75. The maximum atomic E-state index is 12.6. The highest BCUT2D eigenvalue weighted by atomic mass is 16.5. The molecular formula is C21H25N3O3. The third-order valence-electron chi connectivity index (χ3n) is 4.74. The van der Waals surface area contributed by atoms with Gasteiger partial charge in [-0.15, -0.1) is 0 Å². The molecule has 6 nitrogen and oxygen atoms in total. The summed E-state index contributed by atoms with van der Waals surface area (Å²) < 4.78 is 5.56. The van der Waals surface area contributed by atoms with E-state index in [0.29, 0.717) is 42.6 Å². The Morgan fingerprint density at radius 3 is 2.81 bits per heavy atom. The number of nitrogens with one attached hydrogen (secondary N) is 1. The van der Waals surface area contributed by atoms with Crippen LogP contribution in [0.4, 0.5) is 10.5 Å². The highest BCUT2D eigenvalue weighted by Gasteiger charge is 2.27. The Balaban J connectivity index is 1.58. The van der Waals surface area contributed by atoms with Crippen molar-refractivity contribution in [2.24, 2.45) is 11.7 Å². The molecule has 1 aliphatic heterocycles. The van der Waals surface area contributed by atoms with Crippen molar-refractivity contribution in [2.45, 2.75) is 19.8 Å². The number of para-hydroxylation sites is 2. The lowest BCUT2D eigenvalue weighted by molar-refractivity contribution is 0.1000. The molecule has 0 spiro atoms. The number of benzene rings is 2. The van der Waals surface area contributed by atoms with Crippen molar-refractivity contribution < 1.29 is 14.3 Å². The van der Waals surface area contributed by atoms with Gasteiger partial charge in [-0.2, -0.15) is 0 Å². The fourth-order valence-corrected chi connectivity index (χ4v) is 3.41. The number of nitrogens with two attached hydrogens (primary N) is 1. The Hall–Kier alpha value is -3.02. The largest absolute Gasteiger partial charge is 0.492 e. The third-order valence-corrected chi connectivity index (χ3v) is 4.74. The van der Waals surface area contributed by atoms with Crippen molar-refractivity contribution in [1.82, 2.24) is 4.90 Å². The van der Waals surface area contributed by atoms with Gasteiger partial charge in [0.1, 0.15) is 5.75 Å². The summed E-state index contributed by atoms with van der Waals surface area (Å²) in [5.74, 6) is 0.616. The number of anilines is 1. The molecule has 1 saturated heterocycles. The standard InChI is InChI=1S/C21H25N3O3/c1-2-27-19-9-4-3-8-18(19)23-21(26)24-11-10-16(14-24)12-15-6-5-7-17(13-15)20(22)25/h3-9,13,16H,2,10-12,14H2,1H3,(H2,22,25)(H,23,26). The van der Waals surface area contributed by atoms with Gasteiger partial charge in [0.2, 0.25) is 5.91 Å². The smallest absolute Gasteiger partial charge is 0.321 e. The monoisotopic (exact) mass is 367 g/mol. The van der Waals surface area contributed by atoms with Crippen LogP contribution in [0.25, 0.3) is 0 Å². The summed E-state index contributed by atoms with van der Waals surface area (Å²) in [5, 5.41) is 2.95. The number of nitrogens with zero attached hydrogens (tertiary/aromatic N) is 1. The van der Waals surface area contributed by atoms with E-state index in [1.54, 1.807) is 6.07 Å². The van der Waals surface area contributed by atoms with Gasteiger partial charge < -0.3 is 20.7 Å². The molecule has 3 N–H and O–H groups in total. The summed E-state index contributed by atoms with van der Waals surface area (Å²) in [6.45, 7) is 3.85. The first-order valence-electron chi connectivity index (χ1n) is 9.23. The van der Waals surface area contributed by atoms with Crippen LogP contribution in [-0.4, -0.2) is 36.5 Å². The summed E-state index contributed by atoms with van der Waals surface area (Å²) >= 11 is 0. The van der Waals surface area contributed by atoms with Crippen molar-refractivity contribution in [1.29, 1.82) is 0 Å². The van der Waals surface area contributed by atoms with Gasteiger partial charge >= 0.3 is 6.03 Å². The van der Waals surface area contributed by atoms with Crippen molar-refractivity contribution in [3.63, 3.8) is 0 Å². The fourth-order valence-electron chi connectivity index (χ4n) is 3.41. The first kappa shape index (κ1) is 18.8. The van der Waals surface area contributed by atoms with Crippen molar-refractivity contribution in [3.05, 3.63) is 59.7 Å². The van der Waals surface area contributed by atoms with Gasteiger partial charge in [-0.1, -0.05) is 24.3 Å².